The number of allylic oxidation sites excluding steroid dienone is 1. The van der Waals surface area contributed by atoms with Crippen molar-refractivity contribution in [3.05, 3.63) is 95.1 Å². The molecule has 0 heterocycles. The quantitative estimate of drug-likeness (QED) is 0.218. The van der Waals surface area contributed by atoms with Gasteiger partial charge < -0.3 is 24.0 Å². The summed E-state index contributed by atoms with van der Waals surface area (Å²) >= 11 is 0. The third kappa shape index (κ3) is 9.55. The second-order valence-electron chi connectivity index (χ2n) is 10.2. The van der Waals surface area contributed by atoms with E-state index in [1.807, 2.05) is 12.1 Å². The molecule has 5 heteroatoms. The monoisotopic (exact) mass is 516 g/mol. The van der Waals surface area contributed by atoms with E-state index in [1.165, 1.54) is 27.8 Å². The zero-order chi connectivity index (χ0) is 27.3. The molecule has 0 spiro atoms. The largest absolute Gasteiger partial charge is 0.497 e. The summed E-state index contributed by atoms with van der Waals surface area (Å²) in [7, 11) is 10.0. The lowest BCUT2D eigenvalue weighted by atomic mass is 9.90. The minimum Gasteiger partial charge on any atom is -0.497 e. The Hall–Kier alpha value is -3.28. The van der Waals surface area contributed by atoms with E-state index in [0.717, 1.165) is 49.6 Å². The molecule has 3 aromatic carbocycles. The Morgan fingerprint density at radius 1 is 0.658 bits per heavy atom. The second-order valence-corrected chi connectivity index (χ2v) is 10.2. The van der Waals surface area contributed by atoms with E-state index in [4.69, 9.17) is 14.2 Å². The highest BCUT2D eigenvalue weighted by Gasteiger charge is 2.12. The van der Waals surface area contributed by atoms with Crippen LogP contribution in [-0.2, 0) is 6.42 Å². The fourth-order valence-electron chi connectivity index (χ4n) is 4.41. The summed E-state index contributed by atoms with van der Waals surface area (Å²) in [6.07, 6.45) is 2.84. The third-order valence-corrected chi connectivity index (χ3v) is 6.35. The molecule has 0 amide bonds. The van der Waals surface area contributed by atoms with E-state index < -0.39 is 0 Å². The normalized spacial score (nSPS) is 11.1. The van der Waals surface area contributed by atoms with Gasteiger partial charge in [0.05, 0.1) is 20.3 Å². The van der Waals surface area contributed by atoms with Gasteiger partial charge in [-0.3, -0.25) is 0 Å². The highest BCUT2D eigenvalue weighted by Crippen LogP contribution is 2.31. The minimum atomic E-state index is 0.713. The van der Waals surface area contributed by atoms with Crippen LogP contribution in [0.25, 0.3) is 5.57 Å². The number of rotatable bonds is 15. The maximum atomic E-state index is 5.98. The van der Waals surface area contributed by atoms with Gasteiger partial charge in [0.2, 0.25) is 0 Å². The number of benzene rings is 3. The highest BCUT2D eigenvalue weighted by molar-refractivity contribution is 5.82. The van der Waals surface area contributed by atoms with Crippen molar-refractivity contribution in [1.29, 1.82) is 0 Å². The molecular formula is C33H44N2O3. The first kappa shape index (κ1) is 29.3. The molecule has 0 aliphatic rings. The van der Waals surface area contributed by atoms with Crippen LogP contribution in [0.15, 0.2) is 78.4 Å². The van der Waals surface area contributed by atoms with Gasteiger partial charge in [0, 0.05) is 13.1 Å². The van der Waals surface area contributed by atoms with Crippen LogP contribution in [-0.4, -0.2) is 71.4 Å². The van der Waals surface area contributed by atoms with E-state index in [1.54, 1.807) is 7.11 Å². The Balaban J connectivity index is 1.82. The predicted molar refractivity (Wildman–Crippen MR) is 159 cm³/mol. The topological polar surface area (TPSA) is 34.2 Å². The average molecular weight is 517 g/mol. The van der Waals surface area contributed by atoms with Crippen LogP contribution >= 0.6 is 0 Å². The smallest absolute Gasteiger partial charge is 0.119 e. The maximum Gasteiger partial charge on any atom is 0.119 e. The van der Waals surface area contributed by atoms with Gasteiger partial charge in [-0.05, 0) is 113 Å². The van der Waals surface area contributed by atoms with Crippen LogP contribution in [0.3, 0.4) is 0 Å². The molecule has 3 rings (SSSR count). The van der Waals surface area contributed by atoms with Crippen molar-refractivity contribution >= 4 is 5.57 Å². The zero-order valence-electron chi connectivity index (χ0n) is 24.0. The summed E-state index contributed by atoms with van der Waals surface area (Å²) in [6.45, 7) is 5.68. The summed E-state index contributed by atoms with van der Waals surface area (Å²) in [6, 6.07) is 25.2. The summed E-state index contributed by atoms with van der Waals surface area (Å²) in [5.74, 6) is 2.68. The van der Waals surface area contributed by atoms with Gasteiger partial charge >= 0.3 is 0 Å². The number of methoxy groups -OCH3 is 1. The van der Waals surface area contributed by atoms with Crippen LogP contribution in [0, 0.1) is 0 Å². The Morgan fingerprint density at radius 3 is 1.61 bits per heavy atom. The van der Waals surface area contributed by atoms with Gasteiger partial charge in [0.15, 0.2) is 0 Å². The Kier molecular flexibility index (Phi) is 11.7. The summed E-state index contributed by atoms with van der Waals surface area (Å²) in [5.41, 5.74) is 6.08. The van der Waals surface area contributed by atoms with E-state index in [0.29, 0.717) is 13.2 Å². The average Bonchev–Trinajstić information content (AvgIpc) is 2.91. The van der Waals surface area contributed by atoms with Crippen molar-refractivity contribution < 1.29 is 14.2 Å². The Bertz CT molecular complexity index is 1070. The van der Waals surface area contributed by atoms with Gasteiger partial charge in [-0.2, -0.15) is 0 Å². The number of nitrogens with zero attached hydrogens (tertiary/aromatic N) is 2. The molecule has 3 aromatic rings. The van der Waals surface area contributed by atoms with Gasteiger partial charge in [0.25, 0.3) is 0 Å². The van der Waals surface area contributed by atoms with Gasteiger partial charge in [0.1, 0.15) is 17.2 Å². The highest BCUT2D eigenvalue weighted by atomic mass is 16.5. The number of hydrogen-bond acceptors (Lipinski definition) is 5. The van der Waals surface area contributed by atoms with Crippen molar-refractivity contribution in [3.63, 3.8) is 0 Å². The SMILES string of the molecule is COc1cccc(CC(C)=C(c2ccc(OCCCN(C)C)cc2)c2ccc(OCCCN(C)C)cc2)c1. The van der Waals surface area contributed by atoms with E-state index in [-0.39, 0.29) is 0 Å². The van der Waals surface area contributed by atoms with Crippen LogP contribution in [0.2, 0.25) is 0 Å². The summed E-state index contributed by atoms with van der Waals surface area (Å²) < 4.78 is 17.4. The molecule has 0 bridgehead atoms. The molecule has 0 N–H and O–H groups in total. The third-order valence-electron chi connectivity index (χ3n) is 6.35. The first-order valence-electron chi connectivity index (χ1n) is 13.4. The van der Waals surface area contributed by atoms with Gasteiger partial charge in [-0.25, -0.2) is 0 Å². The van der Waals surface area contributed by atoms with Crippen molar-refractivity contribution in [2.75, 3.05) is 61.6 Å². The van der Waals surface area contributed by atoms with E-state index in [2.05, 4.69) is 106 Å². The van der Waals surface area contributed by atoms with Crippen molar-refractivity contribution in [2.45, 2.75) is 26.2 Å². The maximum absolute atomic E-state index is 5.98. The molecule has 0 aliphatic heterocycles. The number of ether oxygens (including phenoxy) is 3. The lowest BCUT2D eigenvalue weighted by Crippen LogP contribution is -2.15. The lowest BCUT2D eigenvalue weighted by Gasteiger charge is -2.16. The summed E-state index contributed by atoms with van der Waals surface area (Å²) in [5, 5.41) is 0. The summed E-state index contributed by atoms with van der Waals surface area (Å²) in [4.78, 5) is 4.35. The zero-order valence-corrected chi connectivity index (χ0v) is 24.0. The van der Waals surface area contributed by atoms with Gasteiger partial charge in [-0.15, -0.1) is 0 Å². The molecule has 5 nitrogen and oxygen atoms in total. The van der Waals surface area contributed by atoms with Crippen molar-refractivity contribution in [1.82, 2.24) is 9.80 Å². The molecule has 204 valence electrons. The molecular weight excluding hydrogens is 472 g/mol. The van der Waals surface area contributed by atoms with Crippen LogP contribution in [0.4, 0.5) is 0 Å². The molecule has 38 heavy (non-hydrogen) atoms. The molecule has 0 unspecified atom stereocenters. The molecule has 0 fully saturated rings. The van der Waals surface area contributed by atoms with Crippen LogP contribution < -0.4 is 14.2 Å². The lowest BCUT2D eigenvalue weighted by molar-refractivity contribution is 0.281. The Morgan fingerprint density at radius 2 is 1.16 bits per heavy atom. The molecule has 0 radical (unpaired) electrons. The molecule has 0 saturated carbocycles. The van der Waals surface area contributed by atoms with E-state index >= 15 is 0 Å². The molecule has 0 aliphatic carbocycles. The number of hydrogen-bond donors (Lipinski definition) is 0. The van der Waals surface area contributed by atoms with E-state index in [9.17, 15) is 0 Å². The predicted octanol–water partition coefficient (Wildman–Crippen LogP) is 6.42. The van der Waals surface area contributed by atoms with Crippen molar-refractivity contribution in [2.24, 2.45) is 0 Å². The van der Waals surface area contributed by atoms with Crippen LogP contribution in [0.1, 0.15) is 36.5 Å². The molecule has 0 atom stereocenters. The first-order valence-corrected chi connectivity index (χ1v) is 13.4. The minimum absolute atomic E-state index is 0.713. The Labute approximate surface area is 229 Å². The second kappa shape index (κ2) is 15.2. The van der Waals surface area contributed by atoms with Gasteiger partial charge in [-0.1, -0.05) is 42.0 Å². The first-order chi connectivity index (χ1) is 18.4. The standard InChI is InChI=1S/C33H44N2O3/c1-26(24-27-10-7-11-32(25-27)36-6)33(28-12-16-30(17-13-28)37-22-8-20-34(2)3)29-14-18-31(19-15-29)38-23-9-21-35(4)5/h7,10-19,25H,8-9,20-24H2,1-6H3. The fourth-order valence-corrected chi connectivity index (χ4v) is 4.41. The molecule has 0 aromatic heterocycles. The van der Waals surface area contributed by atoms with Crippen LogP contribution in [0.5, 0.6) is 17.2 Å². The molecule has 0 saturated heterocycles. The fraction of sp³-hybridized carbons (Fsp3) is 0.394. The van der Waals surface area contributed by atoms with Crippen molar-refractivity contribution in [3.8, 4) is 17.2 Å².